The lowest BCUT2D eigenvalue weighted by atomic mass is 9.82. The Hall–Kier alpha value is -6.59. The lowest BCUT2D eigenvalue weighted by Crippen LogP contribution is -2.70. The highest BCUT2D eigenvalue weighted by Gasteiger charge is 2.73. The molecule has 23 heteroatoms. The molecule has 6 N–H and O–H groups in total. The highest BCUT2D eigenvalue weighted by atomic mass is 16.7. The molecule has 5 aliphatic rings. The summed E-state index contributed by atoms with van der Waals surface area (Å²) in [5, 5.41) is 19.5. The average Bonchev–Trinajstić information content (AvgIpc) is 3.81. The van der Waals surface area contributed by atoms with Gasteiger partial charge >= 0.3 is 41.7 Å². The fourth-order valence-corrected chi connectivity index (χ4v) is 8.74. The average molecular weight is 886 g/mol. The Labute approximate surface area is 358 Å². The van der Waals surface area contributed by atoms with E-state index in [2.05, 4.69) is 16.0 Å². The minimum Gasteiger partial charge on any atom is -0.476 e. The third kappa shape index (κ3) is 8.88. The van der Waals surface area contributed by atoms with E-state index in [0.29, 0.717) is 6.54 Å². The van der Waals surface area contributed by atoms with E-state index in [4.69, 9.17) is 43.6 Å². The van der Waals surface area contributed by atoms with Crippen LogP contribution in [0.5, 0.6) is 5.75 Å². The quantitative estimate of drug-likeness (QED) is 0.0594. The van der Waals surface area contributed by atoms with Crippen molar-refractivity contribution in [2.24, 2.45) is 11.7 Å². The van der Waals surface area contributed by atoms with Gasteiger partial charge in [0.25, 0.3) is 0 Å². The smallest absolute Gasteiger partial charge is 0.404 e. The normalized spacial score (nSPS) is 29.0. The highest BCUT2D eigenvalue weighted by Crippen LogP contribution is 2.56. The van der Waals surface area contributed by atoms with Gasteiger partial charge in [-0.25, -0.2) is 9.59 Å². The number of carbonyl (C=O) groups excluding carboxylic acids is 8. The second-order valence-electron chi connectivity index (χ2n) is 15.4. The van der Waals surface area contributed by atoms with Crippen LogP contribution < -0.4 is 26.4 Å². The van der Waals surface area contributed by atoms with E-state index in [1.807, 2.05) is 0 Å². The maximum Gasteiger partial charge on any atom is 0.404 e. The number of Topliss-reactive ketones (excluding diaryl/α,β-unsaturated/α-hetero) is 2. The van der Waals surface area contributed by atoms with Crippen LogP contribution in [0, 0.1) is 5.92 Å². The minimum absolute atomic E-state index is 0.0147. The number of amides is 2. The van der Waals surface area contributed by atoms with Crippen molar-refractivity contribution < 1.29 is 86.2 Å². The molecule has 340 valence electrons. The lowest BCUT2D eigenvalue weighted by Gasteiger charge is -2.48. The number of fused-ring (bicyclic) bond motifs is 4. The number of hydrogen-bond donors (Lipinski definition) is 5. The van der Waals surface area contributed by atoms with Gasteiger partial charge in [0.1, 0.15) is 31.2 Å². The van der Waals surface area contributed by atoms with Gasteiger partial charge < -0.3 is 69.6 Å². The molecule has 2 amide bonds. The van der Waals surface area contributed by atoms with Crippen molar-refractivity contribution in [1.29, 1.82) is 0 Å². The number of hydrogen-bond acceptors (Lipinski definition) is 20. The number of anilines is 1. The molecule has 1 aromatic carbocycles. The molecule has 63 heavy (non-hydrogen) atoms. The number of ketones is 2. The van der Waals surface area contributed by atoms with Gasteiger partial charge in [0.2, 0.25) is 17.5 Å². The Balaban J connectivity index is 1.31. The highest BCUT2D eigenvalue weighted by molar-refractivity contribution is 6.26. The van der Waals surface area contributed by atoms with Crippen LogP contribution in [-0.4, -0.2) is 144 Å². The first kappa shape index (κ1) is 45.9. The second-order valence-corrected chi connectivity index (χ2v) is 15.4. The first-order valence-corrected chi connectivity index (χ1v) is 19.6. The van der Waals surface area contributed by atoms with Crippen molar-refractivity contribution in [3.63, 3.8) is 0 Å². The maximum absolute atomic E-state index is 14.4. The summed E-state index contributed by atoms with van der Waals surface area (Å²) in [6.07, 6.45) is -8.71. The van der Waals surface area contributed by atoms with Crippen LogP contribution in [0.2, 0.25) is 0 Å². The Kier molecular flexibility index (Phi) is 12.9. The summed E-state index contributed by atoms with van der Waals surface area (Å²) >= 11 is 0. The molecule has 4 heterocycles. The SMILES string of the molecule is CO[C@@]12[C@@H]3N[C@@H]3CN1C1=C(C(=O)C(Nc3ccc(O[C@]4(C(=O)O)C[C@H](OC(C)=O)[C@@H](NC(C)=O)[C@@H]([C@@H](OC(C)=O)[C@H](COC(C)=O)OC(C)=O)O4)cc3)=C(C)C1=O)[C@@H]2COC(N)=O. The lowest BCUT2D eigenvalue weighted by molar-refractivity contribution is -0.288. The number of ether oxygens (including phenoxy) is 8. The van der Waals surface area contributed by atoms with E-state index >= 15 is 0 Å². The van der Waals surface area contributed by atoms with Gasteiger partial charge in [-0.1, -0.05) is 0 Å². The molecular formula is C40H47N5O18. The fourth-order valence-electron chi connectivity index (χ4n) is 8.74. The van der Waals surface area contributed by atoms with Crippen LogP contribution in [0.3, 0.4) is 0 Å². The van der Waals surface area contributed by atoms with E-state index in [1.165, 1.54) is 38.3 Å². The number of rotatable bonds is 16. The van der Waals surface area contributed by atoms with Gasteiger partial charge in [-0.15, -0.1) is 0 Å². The van der Waals surface area contributed by atoms with Crippen LogP contribution in [0.25, 0.3) is 0 Å². The summed E-state index contributed by atoms with van der Waals surface area (Å²) in [7, 11) is 1.44. The summed E-state index contributed by atoms with van der Waals surface area (Å²) in [6.45, 7) is 5.93. The number of nitrogens with one attached hydrogen (secondary N) is 3. The molecule has 10 atom stereocenters. The predicted octanol–water partition coefficient (Wildman–Crippen LogP) is -0.686. The third-order valence-corrected chi connectivity index (χ3v) is 11.2. The Morgan fingerprint density at radius 2 is 1.62 bits per heavy atom. The molecule has 23 nitrogen and oxygen atoms in total. The van der Waals surface area contributed by atoms with Crippen LogP contribution in [0.4, 0.5) is 10.5 Å². The molecule has 0 saturated carbocycles. The summed E-state index contributed by atoms with van der Waals surface area (Å²) < 4.78 is 44.7. The first-order valence-electron chi connectivity index (χ1n) is 19.6. The topological polar surface area (TPSA) is 323 Å². The summed E-state index contributed by atoms with van der Waals surface area (Å²) in [5.41, 5.74) is 4.52. The van der Waals surface area contributed by atoms with Crippen molar-refractivity contribution in [2.75, 3.05) is 32.2 Å². The van der Waals surface area contributed by atoms with E-state index in [-0.39, 0.29) is 52.7 Å². The van der Waals surface area contributed by atoms with E-state index in [0.717, 1.165) is 34.6 Å². The molecular weight excluding hydrogens is 838 g/mol. The van der Waals surface area contributed by atoms with E-state index in [9.17, 15) is 48.3 Å². The minimum atomic E-state index is -2.78. The van der Waals surface area contributed by atoms with Gasteiger partial charge in [0.05, 0.1) is 35.8 Å². The number of esters is 4. The van der Waals surface area contributed by atoms with Crippen molar-refractivity contribution in [1.82, 2.24) is 15.5 Å². The second kappa shape index (κ2) is 17.6. The van der Waals surface area contributed by atoms with Crippen molar-refractivity contribution in [2.45, 2.75) is 102 Å². The Bertz CT molecular complexity index is 2190. The molecule has 0 bridgehead atoms. The van der Waals surface area contributed by atoms with Gasteiger partial charge in [-0.05, 0) is 31.2 Å². The van der Waals surface area contributed by atoms with Crippen LogP contribution in [0.1, 0.15) is 48.0 Å². The number of carboxylic acid groups (broad SMARTS) is 1. The molecule has 0 unspecified atom stereocenters. The van der Waals surface area contributed by atoms with Gasteiger partial charge in [0, 0.05) is 71.1 Å². The predicted molar refractivity (Wildman–Crippen MR) is 207 cm³/mol. The number of benzene rings is 1. The number of carboxylic acids is 1. The fraction of sp³-hybridized carbons (Fsp3) is 0.525. The molecule has 0 radical (unpaired) electrons. The number of primary amides is 1. The molecule has 3 saturated heterocycles. The van der Waals surface area contributed by atoms with Crippen molar-refractivity contribution >= 4 is 59.1 Å². The van der Waals surface area contributed by atoms with Gasteiger partial charge in [-0.3, -0.25) is 33.6 Å². The zero-order chi connectivity index (χ0) is 46.3. The standard InChI is InChI=1S/C40H47N5O18/c1-16-29(33(52)28-24(14-58-38(41)55)40(56-7)36-25(44-36)13-45(40)31(28)32(16)51)43-22-8-10-23(11-9-22)62-39(37(53)54)12-26(59-19(4)48)30(42-17(2)46)35(63-39)34(61-21(6)50)27(60-20(5)49)15-57-18(3)47/h8-11,24-27,30,34-36,43-44H,12-15H2,1-7H3,(H2,41,55)(H,42,46)(H,53,54)/t24-,25+,26-,27-,30+,34-,35-,36+,39+,40-/m0/s1. The summed E-state index contributed by atoms with van der Waals surface area (Å²) in [6, 6.07) is 3.62. The van der Waals surface area contributed by atoms with Crippen LogP contribution >= 0.6 is 0 Å². The third-order valence-electron chi connectivity index (χ3n) is 11.2. The Morgan fingerprint density at radius 3 is 2.17 bits per heavy atom. The molecule has 4 aliphatic heterocycles. The number of carbonyl (C=O) groups is 9. The number of allylic oxidation sites excluding steroid dienone is 2. The number of piperazine rings is 1. The van der Waals surface area contributed by atoms with Crippen molar-refractivity contribution in [3.05, 3.63) is 46.8 Å². The molecule has 1 aromatic rings. The van der Waals surface area contributed by atoms with E-state index in [1.54, 1.807) is 4.90 Å². The zero-order valence-electron chi connectivity index (χ0n) is 35.2. The largest absolute Gasteiger partial charge is 0.476 e. The van der Waals surface area contributed by atoms with Gasteiger partial charge in [-0.2, -0.15) is 0 Å². The first-order chi connectivity index (χ1) is 29.6. The molecule has 6 rings (SSSR count). The van der Waals surface area contributed by atoms with Gasteiger partial charge in [0.15, 0.2) is 17.9 Å². The van der Waals surface area contributed by atoms with Crippen molar-refractivity contribution in [3.8, 4) is 5.75 Å². The van der Waals surface area contributed by atoms with E-state index < -0.39 is 114 Å². The Morgan fingerprint density at radius 1 is 0.952 bits per heavy atom. The summed E-state index contributed by atoms with van der Waals surface area (Å²) in [4.78, 5) is 117. The maximum atomic E-state index is 14.4. The molecule has 0 aromatic heterocycles. The number of methoxy groups -OCH3 is 1. The monoisotopic (exact) mass is 885 g/mol. The molecule has 3 fully saturated rings. The van der Waals surface area contributed by atoms with Crippen LogP contribution in [-0.2, 0) is 71.5 Å². The zero-order valence-corrected chi connectivity index (χ0v) is 35.2. The number of aliphatic carboxylic acids is 1. The summed E-state index contributed by atoms with van der Waals surface area (Å²) in [5.74, 6) is -11.0. The number of nitrogens with zero attached hydrogens (tertiary/aromatic N) is 1. The van der Waals surface area contributed by atoms with Crippen LogP contribution in [0.15, 0.2) is 46.8 Å². The number of nitrogens with two attached hydrogens (primary N) is 1. The molecule has 1 aliphatic carbocycles. The molecule has 0 spiro atoms.